The van der Waals surface area contributed by atoms with Crippen LogP contribution in [0.5, 0.6) is 0 Å². The minimum absolute atomic E-state index is 0.424. The van der Waals surface area contributed by atoms with E-state index in [0.29, 0.717) is 29.8 Å². The van der Waals surface area contributed by atoms with Crippen molar-refractivity contribution in [1.82, 2.24) is 19.6 Å². The van der Waals surface area contributed by atoms with E-state index in [2.05, 4.69) is 63.3 Å². The Hall–Kier alpha value is -3.68. The molecule has 3 aromatic carbocycles. The molecule has 6 nitrogen and oxygen atoms in total. The standard InChI is InChI=1S/C25H21ClN6S/c26-22-11-4-2-7-20(22)17-32-15-13-24(30-32)28-25(33)27-23-12-14-31(29-23)16-19-9-5-8-18-6-1-3-10-21(18)19/h1-15H,16-17H2,(H2,27,28,29,30,33). The van der Waals surface area contributed by atoms with E-state index in [1.54, 1.807) is 0 Å². The van der Waals surface area contributed by atoms with E-state index >= 15 is 0 Å². The highest BCUT2D eigenvalue weighted by Crippen LogP contribution is 2.20. The summed E-state index contributed by atoms with van der Waals surface area (Å²) in [5.74, 6) is 1.32. The van der Waals surface area contributed by atoms with Gasteiger partial charge in [-0.25, -0.2) is 0 Å². The highest BCUT2D eigenvalue weighted by atomic mass is 35.5. The molecule has 2 aromatic heterocycles. The van der Waals surface area contributed by atoms with E-state index in [0.717, 1.165) is 10.6 Å². The number of thiocarbonyl (C=S) groups is 1. The summed E-state index contributed by atoms with van der Waals surface area (Å²) in [7, 11) is 0. The minimum Gasteiger partial charge on any atom is -0.316 e. The molecule has 0 fully saturated rings. The Balaban J connectivity index is 1.20. The van der Waals surface area contributed by atoms with Crippen molar-refractivity contribution < 1.29 is 0 Å². The second-order valence-corrected chi connectivity index (χ2v) is 8.42. The lowest BCUT2D eigenvalue weighted by Gasteiger charge is -2.08. The molecule has 0 amide bonds. The van der Waals surface area contributed by atoms with Crippen molar-refractivity contribution in [2.24, 2.45) is 0 Å². The van der Waals surface area contributed by atoms with E-state index in [1.807, 2.05) is 58.2 Å². The van der Waals surface area contributed by atoms with Gasteiger partial charge in [-0.2, -0.15) is 10.2 Å². The van der Waals surface area contributed by atoms with E-state index in [9.17, 15) is 0 Å². The Labute approximate surface area is 201 Å². The molecule has 2 N–H and O–H groups in total. The number of aromatic nitrogens is 4. The second-order valence-electron chi connectivity index (χ2n) is 7.61. The molecule has 0 saturated heterocycles. The Kier molecular flexibility index (Phi) is 6.06. The van der Waals surface area contributed by atoms with Gasteiger partial charge in [-0.15, -0.1) is 0 Å². The summed E-state index contributed by atoms with van der Waals surface area (Å²) in [6, 6.07) is 26.2. The van der Waals surface area contributed by atoms with Crippen LogP contribution in [0.4, 0.5) is 11.6 Å². The predicted octanol–water partition coefficient (Wildman–Crippen LogP) is 5.79. The molecule has 0 aliphatic rings. The summed E-state index contributed by atoms with van der Waals surface area (Å²) in [4.78, 5) is 0. The summed E-state index contributed by atoms with van der Waals surface area (Å²) >= 11 is 11.7. The van der Waals surface area contributed by atoms with Gasteiger partial charge in [0.2, 0.25) is 0 Å². The maximum Gasteiger partial charge on any atom is 0.177 e. The van der Waals surface area contributed by atoms with Gasteiger partial charge >= 0.3 is 0 Å². The molecular weight excluding hydrogens is 452 g/mol. The number of hydrogen-bond donors (Lipinski definition) is 2. The maximum absolute atomic E-state index is 6.24. The molecule has 0 bridgehead atoms. The molecule has 5 aromatic rings. The summed E-state index contributed by atoms with van der Waals surface area (Å²) in [6.45, 7) is 1.26. The molecule has 0 radical (unpaired) electrons. The van der Waals surface area contributed by atoms with Gasteiger partial charge in [-0.3, -0.25) is 9.36 Å². The minimum atomic E-state index is 0.424. The summed E-state index contributed by atoms with van der Waals surface area (Å²) < 4.78 is 3.70. The topological polar surface area (TPSA) is 59.7 Å². The Morgan fingerprint density at radius 2 is 1.30 bits per heavy atom. The summed E-state index contributed by atoms with van der Waals surface area (Å²) in [6.07, 6.45) is 3.82. The molecule has 0 spiro atoms. The van der Waals surface area contributed by atoms with Crippen LogP contribution in [0.1, 0.15) is 11.1 Å². The van der Waals surface area contributed by atoms with Crippen molar-refractivity contribution in [3.05, 3.63) is 107 Å². The van der Waals surface area contributed by atoms with Crippen LogP contribution in [0, 0.1) is 0 Å². The SMILES string of the molecule is S=C(Nc1ccn(Cc2ccccc2Cl)n1)Nc1ccn(Cc2cccc3ccccc23)n1. The quantitative estimate of drug-likeness (QED) is 0.306. The average molecular weight is 473 g/mol. The largest absolute Gasteiger partial charge is 0.316 e. The van der Waals surface area contributed by atoms with Crippen molar-refractivity contribution in [1.29, 1.82) is 0 Å². The zero-order valence-corrected chi connectivity index (χ0v) is 19.2. The first kappa shape index (κ1) is 21.2. The molecule has 164 valence electrons. The van der Waals surface area contributed by atoms with Crippen LogP contribution in [0.2, 0.25) is 5.02 Å². The molecule has 0 atom stereocenters. The molecule has 0 saturated carbocycles. The highest BCUT2D eigenvalue weighted by Gasteiger charge is 2.07. The van der Waals surface area contributed by atoms with Gasteiger partial charge in [-0.05, 0) is 40.2 Å². The van der Waals surface area contributed by atoms with E-state index in [1.165, 1.54) is 16.3 Å². The summed E-state index contributed by atoms with van der Waals surface area (Å²) in [5, 5.41) is 18.9. The molecule has 0 unspecified atom stereocenters. The lowest BCUT2D eigenvalue weighted by atomic mass is 10.0. The van der Waals surface area contributed by atoms with E-state index in [-0.39, 0.29) is 0 Å². The van der Waals surface area contributed by atoms with Crippen molar-refractivity contribution in [3.8, 4) is 0 Å². The number of anilines is 2. The normalized spacial score (nSPS) is 10.9. The third-order valence-corrected chi connectivity index (χ3v) is 5.84. The number of hydrogen-bond acceptors (Lipinski definition) is 3. The first-order chi connectivity index (χ1) is 16.1. The van der Waals surface area contributed by atoms with Crippen molar-refractivity contribution in [3.63, 3.8) is 0 Å². The molecule has 0 aliphatic carbocycles. The fraction of sp³-hybridized carbons (Fsp3) is 0.0800. The second kappa shape index (κ2) is 9.44. The van der Waals surface area contributed by atoms with Crippen molar-refractivity contribution >= 4 is 51.3 Å². The fourth-order valence-corrected chi connectivity index (χ4v) is 4.11. The Morgan fingerprint density at radius 1 is 0.727 bits per heavy atom. The van der Waals surface area contributed by atoms with Crippen molar-refractivity contribution in [2.45, 2.75) is 13.1 Å². The van der Waals surface area contributed by atoms with E-state index < -0.39 is 0 Å². The van der Waals surface area contributed by atoms with Crippen LogP contribution in [0.25, 0.3) is 10.8 Å². The van der Waals surface area contributed by atoms with Crippen LogP contribution in [0.3, 0.4) is 0 Å². The molecule has 33 heavy (non-hydrogen) atoms. The lowest BCUT2D eigenvalue weighted by Crippen LogP contribution is -2.20. The predicted molar refractivity (Wildman–Crippen MR) is 138 cm³/mol. The molecule has 0 aliphatic heterocycles. The van der Waals surface area contributed by atoms with Crippen LogP contribution in [-0.2, 0) is 13.1 Å². The van der Waals surface area contributed by atoms with Gasteiger partial charge in [0.25, 0.3) is 0 Å². The maximum atomic E-state index is 6.24. The molecular formula is C25H21ClN6S. The molecule has 5 rings (SSSR count). The number of benzene rings is 3. The van der Waals surface area contributed by atoms with E-state index in [4.69, 9.17) is 23.8 Å². The number of nitrogens with one attached hydrogen (secondary N) is 2. The van der Waals surface area contributed by atoms with Crippen LogP contribution in [-0.4, -0.2) is 24.7 Å². The zero-order valence-electron chi connectivity index (χ0n) is 17.6. The van der Waals surface area contributed by atoms with Gasteiger partial charge in [0.15, 0.2) is 16.7 Å². The Bertz CT molecular complexity index is 1420. The zero-order chi connectivity index (χ0) is 22.6. The monoisotopic (exact) mass is 472 g/mol. The van der Waals surface area contributed by atoms with Gasteiger partial charge in [0.1, 0.15) is 0 Å². The molecule has 2 heterocycles. The highest BCUT2D eigenvalue weighted by molar-refractivity contribution is 7.80. The third kappa shape index (κ3) is 5.05. The molecule has 8 heteroatoms. The smallest absolute Gasteiger partial charge is 0.177 e. The number of fused-ring (bicyclic) bond motifs is 1. The Morgan fingerprint density at radius 3 is 2.03 bits per heavy atom. The third-order valence-electron chi connectivity index (χ3n) is 5.27. The van der Waals surface area contributed by atoms with Gasteiger partial charge in [0.05, 0.1) is 13.1 Å². The average Bonchev–Trinajstić information content (AvgIpc) is 3.44. The number of nitrogens with zero attached hydrogens (tertiary/aromatic N) is 4. The van der Waals surface area contributed by atoms with Crippen LogP contribution in [0.15, 0.2) is 91.3 Å². The van der Waals surface area contributed by atoms with Gasteiger partial charge in [0, 0.05) is 29.5 Å². The fourth-order valence-electron chi connectivity index (χ4n) is 3.70. The van der Waals surface area contributed by atoms with Gasteiger partial charge < -0.3 is 10.6 Å². The summed E-state index contributed by atoms with van der Waals surface area (Å²) in [5.41, 5.74) is 2.22. The first-order valence-corrected chi connectivity index (χ1v) is 11.3. The number of halogens is 1. The number of rotatable bonds is 6. The van der Waals surface area contributed by atoms with Crippen LogP contribution >= 0.6 is 23.8 Å². The van der Waals surface area contributed by atoms with Gasteiger partial charge in [-0.1, -0.05) is 72.3 Å². The first-order valence-electron chi connectivity index (χ1n) is 10.5. The lowest BCUT2D eigenvalue weighted by molar-refractivity contribution is 0.690. The van der Waals surface area contributed by atoms with Crippen molar-refractivity contribution in [2.75, 3.05) is 10.6 Å². The van der Waals surface area contributed by atoms with Crippen LogP contribution < -0.4 is 10.6 Å².